The average Bonchev–Trinajstić information content (AvgIpc) is 2.77. The van der Waals surface area contributed by atoms with Crippen molar-refractivity contribution in [3.63, 3.8) is 0 Å². The lowest BCUT2D eigenvalue weighted by atomic mass is 10.1. The predicted molar refractivity (Wildman–Crippen MR) is 125 cm³/mol. The van der Waals surface area contributed by atoms with Crippen molar-refractivity contribution < 1.29 is 9.53 Å². The Bertz CT molecular complexity index is 1080. The van der Waals surface area contributed by atoms with Crippen LogP contribution in [0.4, 0.5) is 5.69 Å². The number of methoxy groups -OCH3 is 1. The van der Waals surface area contributed by atoms with Crippen molar-refractivity contribution in [2.24, 2.45) is 0 Å². The van der Waals surface area contributed by atoms with Crippen LogP contribution >= 0.6 is 23.2 Å². The van der Waals surface area contributed by atoms with E-state index < -0.39 is 0 Å². The van der Waals surface area contributed by atoms with Crippen LogP contribution in [0.25, 0.3) is 10.9 Å². The maximum atomic E-state index is 12.4. The average molecular weight is 459 g/mol. The second-order valence-electron chi connectivity index (χ2n) is 7.58. The monoisotopic (exact) mass is 458 g/mol. The number of ether oxygens (including phenoxy) is 1. The SMILES string of the molecule is COc1ccc2cc(CN3CCN(CC(=O)Nc4ccccc4Cl)CC3)c(Cl)nc2c1. The highest BCUT2D eigenvalue weighted by molar-refractivity contribution is 6.33. The number of halogens is 2. The second kappa shape index (κ2) is 9.83. The molecule has 0 aliphatic carbocycles. The quantitative estimate of drug-likeness (QED) is 0.557. The number of benzene rings is 2. The van der Waals surface area contributed by atoms with Crippen molar-refractivity contribution in [1.29, 1.82) is 0 Å². The number of carbonyl (C=O) groups is 1. The Labute approximate surface area is 191 Å². The Morgan fingerprint density at radius 2 is 1.81 bits per heavy atom. The Hall–Kier alpha value is -2.38. The molecule has 0 unspecified atom stereocenters. The fourth-order valence-corrected chi connectivity index (χ4v) is 4.10. The molecular weight excluding hydrogens is 435 g/mol. The van der Waals surface area contributed by atoms with E-state index in [2.05, 4.69) is 26.2 Å². The number of nitrogens with one attached hydrogen (secondary N) is 1. The molecule has 1 aliphatic heterocycles. The highest BCUT2D eigenvalue weighted by Gasteiger charge is 2.20. The van der Waals surface area contributed by atoms with Crippen LogP contribution in [0.2, 0.25) is 10.2 Å². The lowest BCUT2D eigenvalue weighted by Crippen LogP contribution is -2.48. The molecule has 0 radical (unpaired) electrons. The number of rotatable bonds is 6. The van der Waals surface area contributed by atoms with Crippen molar-refractivity contribution in [2.45, 2.75) is 6.54 Å². The molecule has 6 nitrogen and oxygen atoms in total. The van der Waals surface area contributed by atoms with Gasteiger partial charge in [0.05, 0.1) is 29.9 Å². The van der Waals surface area contributed by atoms with Gasteiger partial charge >= 0.3 is 0 Å². The number of aromatic nitrogens is 1. The molecule has 0 bridgehead atoms. The van der Waals surface area contributed by atoms with Gasteiger partial charge in [-0.3, -0.25) is 14.6 Å². The minimum Gasteiger partial charge on any atom is -0.497 e. The van der Waals surface area contributed by atoms with Gasteiger partial charge in [-0.15, -0.1) is 0 Å². The summed E-state index contributed by atoms with van der Waals surface area (Å²) in [6, 6.07) is 15.2. The summed E-state index contributed by atoms with van der Waals surface area (Å²) < 4.78 is 5.26. The van der Waals surface area contributed by atoms with E-state index in [4.69, 9.17) is 27.9 Å². The van der Waals surface area contributed by atoms with Crippen LogP contribution in [-0.2, 0) is 11.3 Å². The molecule has 31 heavy (non-hydrogen) atoms. The maximum absolute atomic E-state index is 12.4. The molecule has 1 N–H and O–H groups in total. The third kappa shape index (κ3) is 5.46. The molecular formula is C23H24Cl2N4O2. The summed E-state index contributed by atoms with van der Waals surface area (Å²) in [7, 11) is 1.64. The van der Waals surface area contributed by atoms with E-state index in [1.165, 1.54) is 0 Å². The van der Waals surface area contributed by atoms with Crippen molar-refractivity contribution in [1.82, 2.24) is 14.8 Å². The van der Waals surface area contributed by atoms with Crippen LogP contribution in [0.15, 0.2) is 48.5 Å². The maximum Gasteiger partial charge on any atom is 0.238 e. The van der Waals surface area contributed by atoms with Gasteiger partial charge < -0.3 is 10.1 Å². The van der Waals surface area contributed by atoms with Gasteiger partial charge in [-0.1, -0.05) is 35.3 Å². The smallest absolute Gasteiger partial charge is 0.238 e. The molecule has 3 aromatic rings. The molecule has 8 heteroatoms. The largest absolute Gasteiger partial charge is 0.497 e. The van der Waals surface area contributed by atoms with Gasteiger partial charge in [0.25, 0.3) is 0 Å². The summed E-state index contributed by atoms with van der Waals surface area (Å²) in [5.41, 5.74) is 2.47. The van der Waals surface area contributed by atoms with Gasteiger partial charge in [0.1, 0.15) is 10.9 Å². The van der Waals surface area contributed by atoms with E-state index in [-0.39, 0.29) is 5.91 Å². The number of hydrogen-bond donors (Lipinski definition) is 1. The molecule has 2 aromatic carbocycles. The molecule has 2 heterocycles. The highest BCUT2D eigenvalue weighted by Crippen LogP contribution is 2.25. The number of carbonyl (C=O) groups excluding carboxylic acids is 1. The summed E-state index contributed by atoms with van der Waals surface area (Å²) in [6.07, 6.45) is 0. The van der Waals surface area contributed by atoms with Gasteiger partial charge in [0.15, 0.2) is 0 Å². The summed E-state index contributed by atoms with van der Waals surface area (Å²) in [5.74, 6) is 0.706. The number of piperazine rings is 1. The van der Waals surface area contributed by atoms with Crippen LogP contribution in [-0.4, -0.2) is 60.5 Å². The fraction of sp³-hybridized carbons (Fsp3) is 0.304. The van der Waals surface area contributed by atoms with Gasteiger partial charge in [0.2, 0.25) is 5.91 Å². The third-order valence-corrected chi connectivity index (χ3v) is 6.08. The van der Waals surface area contributed by atoms with Crippen LogP contribution in [0.1, 0.15) is 5.56 Å². The highest BCUT2D eigenvalue weighted by atomic mass is 35.5. The standard InChI is InChI=1S/C23H24Cl2N4O2/c1-31-18-7-6-16-12-17(23(25)27-21(16)13-18)14-28-8-10-29(11-9-28)15-22(30)26-20-5-3-2-4-19(20)24/h2-7,12-13H,8-11,14-15H2,1H3,(H,26,30). The van der Waals surface area contributed by atoms with E-state index >= 15 is 0 Å². The minimum atomic E-state index is -0.0567. The zero-order valence-corrected chi connectivity index (χ0v) is 18.8. The number of amides is 1. The molecule has 0 saturated carbocycles. The number of nitrogens with zero attached hydrogens (tertiary/aromatic N) is 3. The number of fused-ring (bicyclic) bond motifs is 1. The summed E-state index contributed by atoms with van der Waals surface area (Å²) in [5, 5.41) is 4.98. The van der Waals surface area contributed by atoms with Crippen molar-refractivity contribution in [3.05, 3.63) is 64.3 Å². The van der Waals surface area contributed by atoms with Crippen LogP contribution in [0.3, 0.4) is 0 Å². The van der Waals surface area contributed by atoms with Crippen molar-refractivity contribution >= 4 is 45.7 Å². The van der Waals surface area contributed by atoms with E-state index in [0.717, 1.165) is 54.9 Å². The molecule has 162 valence electrons. The third-order valence-electron chi connectivity index (χ3n) is 5.42. The first kappa shape index (κ1) is 21.8. The van der Waals surface area contributed by atoms with Crippen LogP contribution in [0, 0.1) is 0 Å². The molecule has 0 atom stereocenters. The summed E-state index contributed by atoms with van der Waals surface area (Å²) in [6.45, 7) is 4.41. The Morgan fingerprint density at radius 3 is 2.55 bits per heavy atom. The molecule has 1 fully saturated rings. The predicted octanol–water partition coefficient (Wildman–Crippen LogP) is 4.31. The molecule has 0 spiro atoms. The van der Waals surface area contributed by atoms with Gasteiger partial charge in [0, 0.05) is 49.7 Å². The lowest BCUT2D eigenvalue weighted by molar-refractivity contribution is -0.117. The minimum absolute atomic E-state index is 0.0567. The van der Waals surface area contributed by atoms with E-state index in [1.807, 2.05) is 30.3 Å². The fourth-order valence-electron chi connectivity index (χ4n) is 3.71. The van der Waals surface area contributed by atoms with E-state index in [0.29, 0.717) is 22.4 Å². The summed E-state index contributed by atoms with van der Waals surface area (Å²) in [4.78, 5) is 21.4. The molecule has 1 aromatic heterocycles. The Morgan fingerprint density at radius 1 is 1.06 bits per heavy atom. The van der Waals surface area contributed by atoms with Gasteiger partial charge in [-0.05, 0) is 30.3 Å². The first-order chi connectivity index (χ1) is 15.0. The molecule has 4 rings (SSSR count). The van der Waals surface area contributed by atoms with Crippen molar-refractivity contribution in [2.75, 3.05) is 45.2 Å². The Balaban J connectivity index is 1.31. The Kier molecular flexibility index (Phi) is 6.92. The van der Waals surface area contributed by atoms with Crippen molar-refractivity contribution in [3.8, 4) is 5.75 Å². The number of para-hydroxylation sites is 1. The van der Waals surface area contributed by atoms with E-state index in [9.17, 15) is 4.79 Å². The number of anilines is 1. The molecule has 1 aliphatic rings. The second-order valence-corrected chi connectivity index (χ2v) is 8.34. The molecule has 1 amide bonds. The zero-order chi connectivity index (χ0) is 21.8. The summed E-state index contributed by atoms with van der Waals surface area (Å²) >= 11 is 12.6. The number of pyridine rings is 1. The first-order valence-electron chi connectivity index (χ1n) is 10.1. The van der Waals surface area contributed by atoms with Gasteiger partial charge in [-0.2, -0.15) is 0 Å². The first-order valence-corrected chi connectivity index (χ1v) is 10.9. The van der Waals surface area contributed by atoms with Crippen LogP contribution in [0.5, 0.6) is 5.75 Å². The van der Waals surface area contributed by atoms with Gasteiger partial charge in [-0.25, -0.2) is 4.98 Å². The zero-order valence-electron chi connectivity index (χ0n) is 17.3. The van der Waals surface area contributed by atoms with Crippen LogP contribution < -0.4 is 10.1 Å². The topological polar surface area (TPSA) is 57.7 Å². The normalized spacial score (nSPS) is 15.2. The molecule has 1 saturated heterocycles. The van der Waals surface area contributed by atoms with E-state index in [1.54, 1.807) is 19.2 Å². The lowest BCUT2D eigenvalue weighted by Gasteiger charge is -2.34. The number of hydrogen-bond acceptors (Lipinski definition) is 5.